The zero-order valence-electron chi connectivity index (χ0n) is 19.2. The van der Waals surface area contributed by atoms with Crippen LogP contribution in [0.15, 0.2) is 48.5 Å². The summed E-state index contributed by atoms with van der Waals surface area (Å²) < 4.78 is 16.4. The molecule has 0 saturated heterocycles. The number of aryl methyl sites for hydroxylation is 3. The Morgan fingerprint density at radius 2 is 1.10 bits per heavy atom. The van der Waals surface area contributed by atoms with E-state index < -0.39 is 0 Å². The number of benzene rings is 3. The van der Waals surface area contributed by atoms with Crippen molar-refractivity contribution in [2.45, 2.75) is 13.8 Å². The van der Waals surface area contributed by atoms with E-state index in [9.17, 15) is 4.39 Å². The van der Waals surface area contributed by atoms with Crippen LogP contribution in [0.25, 0.3) is 32.9 Å². The van der Waals surface area contributed by atoms with Crippen molar-refractivity contribution in [2.75, 3.05) is 38.0 Å². The standard InChI is InChI=1S/C26H29FN3.BrH/c1-16-12-18(27)13-17(2)25(16)26-21-10-8-19(28(3)4)14-23(21)30(7)24-15-20(29(5)6)9-11-22(24)26;/h8-15H,1-7H3;1H/q+1;/p-1. The molecule has 0 aliphatic rings. The highest BCUT2D eigenvalue weighted by molar-refractivity contribution is 6.09. The van der Waals surface area contributed by atoms with Crippen LogP contribution in [0.4, 0.5) is 15.8 Å². The molecule has 0 saturated carbocycles. The van der Waals surface area contributed by atoms with Crippen LogP contribution in [0.1, 0.15) is 11.1 Å². The molecular formula is C26H29BrFN3. The lowest BCUT2D eigenvalue weighted by Gasteiger charge is -2.19. The Kier molecular flexibility index (Phi) is 6.28. The zero-order valence-corrected chi connectivity index (χ0v) is 20.8. The highest BCUT2D eigenvalue weighted by Crippen LogP contribution is 2.39. The van der Waals surface area contributed by atoms with Gasteiger partial charge in [0.25, 0.3) is 0 Å². The molecule has 1 aromatic heterocycles. The molecule has 3 aromatic carbocycles. The van der Waals surface area contributed by atoms with Gasteiger partial charge in [0.15, 0.2) is 0 Å². The lowest BCUT2D eigenvalue weighted by atomic mass is 9.89. The van der Waals surface area contributed by atoms with Crippen LogP contribution in [-0.4, -0.2) is 28.2 Å². The second-order valence-corrected chi connectivity index (χ2v) is 8.54. The summed E-state index contributed by atoms with van der Waals surface area (Å²) in [6.45, 7) is 4.00. The molecule has 4 aromatic rings. The van der Waals surface area contributed by atoms with E-state index in [1.54, 1.807) is 12.1 Å². The molecule has 0 unspecified atom stereocenters. The Bertz CT molecular complexity index is 1200. The van der Waals surface area contributed by atoms with E-state index in [0.717, 1.165) is 39.1 Å². The largest absolute Gasteiger partial charge is 1.00 e. The van der Waals surface area contributed by atoms with Gasteiger partial charge in [-0.3, -0.25) is 0 Å². The van der Waals surface area contributed by atoms with Crippen LogP contribution < -0.4 is 31.3 Å². The molecule has 162 valence electrons. The first-order valence-electron chi connectivity index (χ1n) is 10.2. The lowest BCUT2D eigenvalue weighted by Crippen LogP contribution is -3.00. The van der Waals surface area contributed by atoms with E-state index in [1.807, 2.05) is 13.8 Å². The summed E-state index contributed by atoms with van der Waals surface area (Å²) in [5, 5.41) is 2.34. The van der Waals surface area contributed by atoms with Gasteiger partial charge in [0.05, 0.1) is 10.8 Å². The van der Waals surface area contributed by atoms with Crippen molar-refractivity contribution in [1.82, 2.24) is 0 Å². The second kappa shape index (κ2) is 8.46. The van der Waals surface area contributed by atoms with E-state index in [1.165, 1.54) is 16.3 Å². The summed E-state index contributed by atoms with van der Waals surface area (Å²) in [6, 6.07) is 16.4. The van der Waals surface area contributed by atoms with E-state index in [-0.39, 0.29) is 22.8 Å². The molecule has 0 amide bonds. The van der Waals surface area contributed by atoms with Gasteiger partial charge in [0.2, 0.25) is 11.0 Å². The summed E-state index contributed by atoms with van der Waals surface area (Å²) >= 11 is 0. The number of hydrogen-bond acceptors (Lipinski definition) is 2. The molecule has 0 aliphatic heterocycles. The van der Waals surface area contributed by atoms with Crippen molar-refractivity contribution < 1.29 is 25.9 Å². The second-order valence-electron chi connectivity index (χ2n) is 8.54. The van der Waals surface area contributed by atoms with Crippen molar-refractivity contribution in [3.8, 4) is 11.1 Å². The summed E-state index contributed by atoms with van der Waals surface area (Å²) in [7, 11) is 10.4. The maximum atomic E-state index is 14.1. The van der Waals surface area contributed by atoms with E-state index in [0.29, 0.717) is 0 Å². The van der Waals surface area contributed by atoms with Crippen LogP contribution in [0.5, 0.6) is 0 Å². The number of nitrogens with zero attached hydrogens (tertiary/aromatic N) is 3. The Labute approximate surface area is 194 Å². The number of aromatic nitrogens is 1. The van der Waals surface area contributed by atoms with Crippen molar-refractivity contribution >= 4 is 33.2 Å². The summed E-state index contributed by atoms with van der Waals surface area (Å²) in [6.07, 6.45) is 0. The summed E-state index contributed by atoms with van der Waals surface area (Å²) in [4.78, 5) is 4.24. The molecule has 0 bridgehead atoms. The third-order valence-electron chi connectivity index (χ3n) is 6.00. The van der Waals surface area contributed by atoms with Gasteiger partial charge >= 0.3 is 0 Å². The molecule has 0 spiro atoms. The van der Waals surface area contributed by atoms with Crippen molar-refractivity contribution in [3.05, 3.63) is 65.5 Å². The van der Waals surface area contributed by atoms with E-state index in [2.05, 4.69) is 86.0 Å². The van der Waals surface area contributed by atoms with Gasteiger partial charge in [-0.05, 0) is 66.9 Å². The Morgan fingerprint density at radius 1 is 0.677 bits per heavy atom. The zero-order chi connectivity index (χ0) is 21.7. The molecule has 3 nitrogen and oxygen atoms in total. The minimum Gasteiger partial charge on any atom is -1.00 e. The number of hydrogen-bond donors (Lipinski definition) is 0. The number of rotatable bonds is 3. The van der Waals surface area contributed by atoms with Crippen molar-refractivity contribution in [3.63, 3.8) is 0 Å². The van der Waals surface area contributed by atoms with Gasteiger partial charge in [-0.1, -0.05) is 0 Å². The minimum atomic E-state index is -0.186. The molecule has 0 N–H and O–H groups in total. The predicted octanol–water partition coefficient (Wildman–Crippen LogP) is 2.38. The minimum absolute atomic E-state index is 0. The summed E-state index contributed by atoms with van der Waals surface area (Å²) in [5.74, 6) is -0.186. The Morgan fingerprint density at radius 3 is 1.48 bits per heavy atom. The smallest absolute Gasteiger partial charge is 0.215 e. The molecular weight excluding hydrogens is 453 g/mol. The van der Waals surface area contributed by atoms with Crippen molar-refractivity contribution in [2.24, 2.45) is 7.05 Å². The third-order valence-corrected chi connectivity index (χ3v) is 6.00. The van der Waals surface area contributed by atoms with Crippen LogP contribution >= 0.6 is 0 Å². The molecule has 1 heterocycles. The van der Waals surface area contributed by atoms with Gasteiger partial charge in [-0.15, -0.1) is 0 Å². The van der Waals surface area contributed by atoms with Crippen molar-refractivity contribution in [1.29, 1.82) is 0 Å². The van der Waals surface area contributed by atoms with Gasteiger partial charge in [-0.25, -0.2) is 4.39 Å². The normalized spacial score (nSPS) is 11.0. The molecule has 4 rings (SSSR count). The highest BCUT2D eigenvalue weighted by Gasteiger charge is 2.23. The van der Waals surface area contributed by atoms with E-state index in [4.69, 9.17) is 0 Å². The monoisotopic (exact) mass is 481 g/mol. The fourth-order valence-corrected chi connectivity index (χ4v) is 4.42. The van der Waals surface area contributed by atoms with Gasteiger partial charge < -0.3 is 26.8 Å². The average Bonchev–Trinajstić information content (AvgIpc) is 2.68. The topological polar surface area (TPSA) is 10.4 Å². The van der Waals surface area contributed by atoms with Crippen LogP contribution in [-0.2, 0) is 7.05 Å². The van der Waals surface area contributed by atoms with Gasteiger partial charge in [0.1, 0.15) is 12.9 Å². The fraction of sp³-hybridized carbons (Fsp3) is 0.269. The maximum Gasteiger partial charge on any atom is 0.215 e. The maximum absolute atomic E-state index is 14.1. The Hall–Kier alpha value is -2.66. The third kappa shape index (κ3) is 3.87. The number of pyridine rings is 1. The first-order chi connectivity index (χ1) is 14.2. The summed E-state index contributed by atoms with van der Waals surface area (Å²) in [5.41, 5.74) is 8.81. The molecule has 0 radical (unpaired) electrons. The highest BCUT2D eigenvalue weighted by atomic mass is 79.9. The van der Waals surface area contributed by atoms with Crippen LogP contribution in [0.3, 0.4) is 0 Å². The van der Waals surface area contributed by atoms with Gasteiger partial charge in [-0.2, -0.15) is 4.57 Å². The first-order valence-corrected chi connectivity index (χ1v) is 10.2. The fourth-order valence-electron chi connectivity index (χ4n) is 4.42. The van der Waals surface area contributed by atoms with Crippen LogP contribution in [0, 0.1) is 19.7 Å². The lowest BCUT2D eigenvalue weighted by molar-refractivity contribution is -0.617. The molecule has 0 atom stereocenters. The molecule has 0 fully saturated rings. The number of anilines is 2. The number of halogens is 2. The molecule has 31 heavy (non-hydrogen) atoms. The molecule has 0 aliphatic carbocycles. The Balaban J connectivity index is 0.00000272. The number of fused-ring (bicyclic) bond motifs is 2. The van der Waals surface area contributed by atoms with E-state index >= 15 is 0 Å². The van der Waals surface area contributed by atoms with Gasteiger partial charge in [0, 0.05) is 57.3 Å². The predicted molar refractivity (Wildman–Crippen MR) is 126 cm³/mol. The quantitative estimate of drug-likeness (QED) is 0.328. The average molecular weight is 482 g/mol. The first kappa shape index (κ1) is 23.0. The SMILES string of the molecule is Cc1cc(F)cc(C)c1-c1c2ccc(N(C)C)cc2[n+](C)c2cc(N(C)C)ccc12.[Br-]. The molecule has 5 heteroatoms. The van der Waals surface area contributed by atoms with Crippen LogP contribution in [0.2, 0.25) is 0 Å².